The Morgan fingerprint density at radius 1 is 1.71 bits per heavy atom. The third kappa shape index (κ3) is 2.76. The van der Waals surface area contributed by atoms with Crippen molar-refractivity contribution in [3.8, 4) is 0 Å². The number of nitrogens with zero attached hydrogens (tertiary/aromatic N) is 2. The number of ether oxygens (including phenoxy) is 1. The van der Waals surface area contributed by atoms with Gasteiger partial charge in [-0.05, 0) is 12.5 Å². The maximum absolute atomic E-state index is 12.2. The SMILES string of the molecule is COCC1CCN(C(=O)c2ccncc2Cl)C1. The highest BCUT2D eigenvalue weighted by atomic mass is 35.5. The van der Waals surface area contributed by atoms with Crippen molar-refractivity contribution < 1.29 is 9.53 Å². The van der Waals surface area contributed by atoms with Gasteiger partial charge in [0.25, 0.3) is 5.91 Å². The molecule has 0 radical (unpaired) electrons. The number of aromatic nitrogens is 1. The van der Waals surface area contributed by atoms with E-state index in [0.717, 1.165) is 19.5 Å². The van der Waals surface area contributed by atoms with Crippen molar-refractivity contribution in [3.63, 3.8) is 0 Å². The number of carbonyl (C=O) groups is 1. The van der Waals surface area contributed by atoms with E-state index < -0.39 is 0 Å². The molecule has 4 nitrogen and oxygen atoms in total. The van der Waals surface area contributed by atoms with E-state index >= 15 is 0 Å². The molecule has 92 valence electrons. The predicted molar refractivity (Wildman–Crippen MR) is 65.1 cm³/mol. The fourth-order valence-corrected chi connectivity index (χ4v) is 2.31. The number of likely N-dealkylation sites (tertiary alicyclic amines) is 1. The molecule has 1 unspecified atom stereocenters. The minimum atomic E-state index is -0.0176. The van der Waals surface area contributed by atoms with Crippen LogP contribution in [0.2, 0.25) is 5.02 Å². The number of hydrogen-bond acceptors (Lipinski definition) is 3. The van der Waals surface area contributed by atoms with Crippen LogP contribution in [0.25, 0.3) is 0 Å². The summed E-state index contributed by atoms with van der Waals surface area (Å²) in [6, 6.07) is 1.66. The second-order valence-corrected chi connectivity index (χ2v) is 4.62. The number of pyridine rings is 1. The van der Waals surface area contributed by atoms with Gasteiger partial charge >= 0.3 is 0 Å². The van der Waals surface area contributed by atoms with E-state index in [1.54, 1.807) is 19.4 Å². The summed E-state index contributed by atoms with van der Waals surface area (Å²) >= 11 is 5.96. The van der Waals surface area contributed by atoms with E-state index in [1.807, 2.05) is 4.90 Å². The summed E-state index contributed by atoms with van der Waals surface area (Å²) in [4.78, 5) is 17.9. The first-order chi connectivity index (χ1) is 8.22. The third-order valence-corrected chi connectivity index (χ3v) is 3.28. The van der Waals surface area contributed by atoms with Crippen LogP contribution in [0.4, 0.5) is 0 Å². The molecule has 1 aliphatic heterocycles. The molecule has 1 fully saturated rings. The lowest BCUT2D eigenvalue weighted by atomic mass is 10.1. The number of rotatable bonds is 3. The Bertz CT molecular complexity index is 411. The molecule has 1 saturated heterocycles. The number of amides is 1. The van der Waals surface area contributed by atoms with Gasteiger partial charge in [0.15, 0.2) is 0 Å². The van der Waals surface area contributed by atoms with Gasteiger partial charge in [0.2, 0.25) is 0 Å². The molecule has 1 aliphatic rings. The summed E-state index contributed by atoms with van der Waals surface area (Å²) in [5.41, 5.74) is 0.528. The van der Waals surface area contributed by atoms with Crippen LogP contribution in [0, 0.1) is 5.92 Å². The van der Waals surface area contributed by atoms with Crippen LogP contribution in [0.1, 0.15) is 16.8 Å². The summed E-state index contributed by atoms with van der Waals surface area (Å²) in [5.74, 6) is 0.417. The van der Waals surface area contributed by atoms with Crippen molar-refractivity contribution in [1.29, 1.82) is 0 Å². The number of methoxy groups -OCH3 is 1. The highest BCUT2D eigenvalue weighted by Gasteiger charge is 2.27. The maximum atomic E-state index is 12.2. The zero-order valence-corrected chi connectivity index (χ0v) is 10.5. The van der Waals surface area contributed by atoms with Gasteiger partial charge in [-0.3, -0.25) is 9.78 Å². The lowest BCUT2D eigenvalue weighted by Gasteiger charge is -2.16. The van der Waals surface area contributed by atoms with Crippen molar-refractivity contribution >= 4 is 17.5 Å². The summed E-state index contributed by atoms with van der Waals surface area (Å²) in [6.45, 7) is 2.21. The highest BCUT2D eigenvalue weighted by molar-refractivity contribution is 6.33. The molecule has 1 amide bonds. The first-order valence-electron chi connectivity index (χ1n) is 5.60. The Kier molecular flexibility index (Phi) is 3.97. The van der Waals surface area contributed by atoms with Gasteiger partial charge in [0.05, 0.1) is 17.2 Å². The summed E-state index contributed by atoms with van der Waals surface area (Å²) in [7, 11) is 1.68. The van der Waals surface area contributed by atoms with Gasteiger partial charge in [-0.2, -0.15) is 0 Å². The van der Waals surface area contributed by atoms with Crippen LogP contribution in [0.3, 0.4) is 0 Å². The normalized spacial score (nSPS) is 19.6. The number of halogens is 1. The zero-order chi connectivity index (χ0) is 12.3. The minimum Gasteiger partial charge on any atom is -0.384 e. The third-order valence-electron chi connectivity index (χ3n) is 2.98. The molecule has 0 aliphatic carbocycles. The second-order valence-electron chi connectivity index (χ2n) is 4.22. The van der Waals surface area contributed by atoms with Gasteiger partial charge < -0.3 is 9.64 Å². The van der Waals surface area contributed by atoms with Gasteiger partial charge in [-0.1, -0.05) is 11.6 Å². The van der Waals surface area contributed by atoms with E-state index in [2.05, 4.69) is 4.98 Å². The van der Waals surface area contributed by atoms with Gasteiger partial charge in [-0.25, -0.2) is 0 Å². The molecule has 0 bridgehead atoms. The van der Waals surface area contributed by atoms with Gasteiger partial charge in [0.1, 0.15) is 0 Å². The second kappa shape index (κ2) is 5.47. The van der Waals surface area contributed by atoms with E-state index in [4.69, 9.17) is 16.3 Å². The molecule has 0 aromatic carbocycles. The van der Waals surface area contributed by atoms with E-state index in [0.29, 0.717) is 23.1 Å². The minimum absolute atomic E-state index is 0.0176. The Morgan fingerprint density at radius 3 is 3.24 bits per heavy atom. The Labute approximate surface area is 106 Å². The topological polar surface area (TPSA) is 42.4 Å². The molecule has 0 N–H and O–H groups in total. The van der Waals surface area contributed by atoms with Crippen molar-refractivity contribution in [2.75, 3.05) is 26.8 Å². The predicted octanol–water partition coefficient (Wildman–Crippen LogP) is 1.84. The molecular weight excluding hydrogens is 240 g/mol. The van der Waals surface area contributed by atoms with E-state index in [-0.39, 0.29) is 5.91 Å². The molecule has 1 aromatic rings. The molecule has 0 spiro atoms. The van der Waals surface area contributed by atoms with Crippen LogP contribution >= 0.6 is 11.6 Å². The molecule has 2 rings (SSSR count). The molecule has 1 aromatic heterocycles. The Morgan fingerprint density at radius 2 is 2.53 bits per heavy atom. The summed E-state index contributed by atoms with van der Waals surface area (Å²) in [6.07, 6.45) is 4.07. The van der Waals surface area contributed by atoms with Gasteiger partial charge in [-0.15, -0.1) is 0 Å². The van der Waals surface area contributed by atoms with Crippen molar-refractivity contribution in [1.82, 2.24) is 9.88 Å². The summed E-state index contributed by atoms with van der Waals surface area (Å²) < 4.78 is 5.11. The van der Waals surface area contributed by atoms with Crippen LogP contribution < -0.4 is 0 Å². The lowest BCUT2D eigenvalue weighted by Crippen LogP contribution is -2.29. The van der Waals surface area contributed by atoms with Crippen LogP contribution in [-0.4, -0.2) is 42.6 Å². The summed E-state index contributed by atoms with van der Waals surface area (Å²) in [5, 5.41) is 0.410. The molecule has 1 atom stereocenters. The Balaban J connectivity index is 2.05. The zero-order valence-electron chi connectivity index (χ0n) is 9.73. The standard InChI is InChI=1S/C12H15ClN2O2/c1-17-8-9-3-5-15(7-9)12(16)10-2-4-14-6-11(10)13/h2,4,6,9H,3,5,7-8H2,1H3. The molecule has 17 heavy (non-hydrogen) atoms. The highest BCUT2D eigenvalue weighted by Crippen LogP contribution is 2.21. The first kappa shape index (κ1) is 12.3. The fourth-order valence-electron chi connectivity index (χ4n) is 2.11. The average molecular weight is 255 g/mol. The van der Waals surface area contributed by atoms with E-state index in [9.17, 15) is 4.79 Å². The smallest absolute Gasteiger partial charge is 0.255 e. The fraction of sp³-hybridized carbons (Fsp3) is 0.500. The maximum Gasteiger partial charge on any atom is 0.255 e. The van der Waals surface area contributed by atoms with Crippen LogP contribution in [0.15, 0.2) is 18.5 Å². The average Bonchev–Trinajstić information content (AvgIpc) is 2.78. The lowest BCUT2D eigenvalue weighted by molar-refractivity contribution is 0.0775. The largest absolute Gasteiger partial charge is 0.384 e. The first-order valence-corrected chi connectivity index (χ1v) is 5.98. The van der Waals surface area contributed by atoms with Crippen molar-refractivity contribution in [2.24, 2.45) is 5.92 Å². The van der Waals surface area contributed by atoms with Gasteiger partial charge in [0, 0.05) is 38.5 Å². The van der Waals surface area contributed by atoms with Crippen LogP contribution in [-0.2, 0) is 4.74 Å². The number of hydrogen-bond donors (Lipinski definition) is 0. The number of carbonyl (C=O) groups excluding carboxylic acids is 1. The molecule has 2 heterocycles. The van der Waals surface area contributed by atoms with Crippen molar-refractivity contribution in [2.45, 2.75) is 6.42 Å². The van der Waals surface area contributed by atoms with E-state index in [1.165, 1.54) is 6.20 Å². The monoisotopic (exact) mass is 254 g/mol. The van der Waals surface area contributed by atoms with Crippen LogP contribution in [0.5, 0.6) is 0 Å². The quantitative estimate of drug-likeness (QED) is 0.827. The molecular formula is C12H15ClN2O2. The Hall–Kier alpha value is -1.13. The van der Waals surface area contributed by atoms with Crippen molar-refractivity contribution in [3.05, 3.63) is 29.0 Å². The molecule has 0 saturated carbocycles. The molecule has 5 heteroatoms.